The third-order valence-electron chi connectivity index (χ3n) is 7.94. The van der Waals surface area contributed by atoms with Crippen LogP contribution in [0.3, 0.4) is 0 Å². The predicted molar refractivity (Wildman–Crippen MR) is 145 cm³/mol. The fourth-order valence-electron chi connectivity index (χ4n) is 5.79. The Bertz CT molecular complexity index is 1330. The predicted octanol–water partition coefficient (Wildman–Crippen LogP) is 5.53. The monoisotopic (exact) mass is 516 g/mol. The van der Waals surface area contributed by atoms with Crippen molar-refractivity contribution in [3.63, 3.8) is 0 Å². The molecular formula is C32H36O6. The van der Waals surface area contributed by atoms with Gasteiger partial charge in [0.2, 0.25) is 0 Å². The summed E-state index contributed by atoms with van der Waals surface area (Å²) >= 11 is 0. The Morgan fingerprint density at radius 2 is 1.76 bits per heavy atom. The lowest BCUT2D eigenvalue weighted by molar-refractivity contribution is -0.149. The summed E-state index contributed by atoms with van der Waals surface area (Å²) in [7, 11) is 0. The SMILES string of the molecule is CC(=O)OC1c2ccc(OCc3cccc(-c4c(C)cc(OC[C@@H](O)CO)cc4C)c3C)cc2CC12CC2. The molecule has 2 aliphatic rings. The van der Waals surface area contributed by atoms with E-state index in [2.05, 4.69) is 51.1 Å². The topological polar surface area (TPSA) is 85.2 Å². The Morgan fingerprint density at radius 1 is 1.03 bits per heavy atom. The fraction of sp³-hybridized carbons (Fsp3) is 0.406. The Hall–Kier alpha value is -3.35. The van der Waals surface area contributed by atoms with Crippen LogP contribution in [0, 0.1) is 26.2 Å². The molecule has 6 nitrogen and oxygen atoms in total. The zero-order chi connectivity index (χ0) is 27.0. The first kappa shape index (κ1) is 26.3. The number of hydrogen-bond acceptors (Lipinski definition) is 6. The van der Waals surface area contributed by atoms with Crippen LogP contribution in [0.2, 0.25) is 0 Å². The molecule has 0 saturated heterocycles. The number of carbonyl (C=O) groups is 1. The van der Waals surface area contributed by atoms with Gasteiger partial charge in [0.25, 0.3) is 0 Å². The third kappa shape index (κ3) is 5.16. The van der Waals surface area contributed by atoms with Crippen molar-refractivity contribution in [1.82, 2.24) is 0 Å². The van der Waals surface area contributed by atoms with E-state index in [1.165, 1.54) is 12.5 Å². The molecule has 0 radical (unpaired) electrons. The maximum Gasteiger partial charge on any atom is 0.303 e. The van der Waals surface area contributed by atoms with Crippen molar-refractivity contribution in [3.8, 4) is 22.6 Å². The van der Waals surface area contributed by atoms with Crippen molar-refractivity contribution >= 4 is 5.97 Å². The molecule has 200 valence electrons. The van der Waals surface area contributed by atoms with Crippen molar-refractivity contribution in [3.05, 3.63) is 81.9 Å². The zero-order valence-corrected chi connectivity index (χ0v) is 22.5. The number of aliphatic hydroxyl groups excluding tert-OH is 2. The van der Waals surface area contributed by atoms with Crippen LogP contribution in [0.1, 0.15) is 59.3 Å². The lowest BCUT2D eigenvalue weighted by Gasteiger charge is -2.19. The average molecular weight is 517 g/mol. The highest BCUT2D eigenvalue weighted by atomic mass is 16.5. The normalized spacial score (nSPS) is 17.7. The maximum absolute atomic E-state index is 11.7. The van der Waals surface area contributed by atoms with Crippen LogP contribution in [-0.2, 0) is 22.6 Å². The molecule has 1 unspecified atom stereocenters. The van der Waals surface area contributed by atoms with Crippen LogP contribution in [0.25, 0.3) is 11.1 Å². The number of esters is 1. The highest BCUT2D eigenvalue weighted by Gasteiger charge is 2.56. The second-order valence-corrected chi connectivity index (χ2v) is 10.8. The first-order chi connectivity index (χ1) is 18.2. The van der Waals surface area contributed by atoms with Crippen LogP contribution in [-0.4, -0.2) is 35.5 Å². The van der Waals surface area contributed by atoms with E-state index in [0.717, 1.165) is 64.0 Å². The molecular weight excluding hydrogens is 480 g/mol. The van der Waals surface area contributed by atoms with Gasteiger partial charge >= 0.3 is 5.97 Å². The van der Waals surface area contributed by atoms with Crippen molar-refractivity contribution < 1.29 is 29.2 Å². The van der Waals surface area contributed by atoms with Gasteiger partial charge < -0.3 is 24.4 Å². The Balaban J connectivity index is 1.33. The minimum atomic E-state index is -0.898. The van der Waals surface area contributed by atoms with Gasteiger partial charge in [0, 0.05) is 12.3 Å². The zero-order valence-electron chi connectivity index (χ0n) is 22.5. The summed E-state index contributed by atoms with van der Waals surface area (Å²) in [5.74, 6) is 1.28. The molecule has 0 aliphatic heterocycles. The highest BCUT2D eigenvalue weighted by Crippen LogP contribution is 2.63. The van der Waals surface area contributed by atoms with Gasteiger partial charge in [-0.2, -0.15) is 0 Å². The number of fused-ring (bicyclic) bond motifs is 1. The van der Waals surface area contributed by atoms with Gasteiger partial charge in [-0.3, -0.25) is 4.79 Å². The van der Waals surface area contributed by atoms with Crippen molar-refractivity contribution in [1.29, 1.82) is 0 Å². The third-order valence-corrected chi connectivity index (χ3v) is 7.94. The molecule has 3 aromatic carbocycles. The van der Waals surface area contributed by atoms with E-state index in [1.807, 2.05) is 18.2 Å². The summed E-state index contributed by atoms with van der Waals surface area (Å²) in [5, 5.41) is 18.6. The van der Waals surface area contributed by atoms with E-state index >= 15 is 0 Å². The second kappa shape index (κ2) is 10.4. The van der Waals surface area contributed by atoms with E-state index in [4.69, 9.17) is 19.3 Å². The summed E-state index contributed by atoms with van der Waals surface area (Å²) in [6, 6.07) is 16.4. The minimum absolute atomic E-state index is 0.0503. The first-order valence-electron chi connectivity index (χ1n) is 13.3. The molecule has 6 heteroatoms. The molecule has 0 heterocycles. The molecule has 3 aromatic rings. The smallest absolute Gasteiger partial charge is 0.303 e. The van der Waals surface area contributed by atoms with Gasteiger partial charge in [-0.25, -0.2) is 0 Å². The quantitative estimate of drug-likeness (QED) is 0.364. The van der Waals surface area contributed by atoms with E-state index in [-0.39, 0.29) is 30.7 Å². The van der Waals surface area contributed by atoms with Gasteiger partial charge in [-0.15, -0.1) is 0 Å². The summed E-state index contributed by atoms with van der Waals surface area (Å²) in [6.07, 6.45) is 2.09. The number of aryl methyl sites for hydroxylation is 2. The minimum Gasteiger partial charge on any atom is -0.491 e. The molecule has 1 fully saturated rings. The fourth-order valence-corrected chi connectivity index (χ4v) is 5.79. The molecule has 38 heavy (non-hydrogen) atoms. The number of ether oxygens (including phenoxy) is 3. The van der Waals surface area contributed by atoms with Crippen molar-refractivity contribution in [2.45, 2.75) is 65.8 Å². The summed E-state index contributed by atoms with van der Waals surface area (Å²) in [5.41, 5.74) is 9.17. The summed E-state index contributed by atoms with van der Waals surface area (Å²) < 4.78 is 17.6. The Kier molecular flexibility index (Phi) is 7.21. The molecule has 1 saturated carbocycles. The number of aliphatic hydroxyl groups is 2. The average Bonchev–Trinajstić information content (AvgIpc) is 3.59. The summed E-state index contributed by atoms with van der Waals surface area (Å²) in [4.78, 5) is 11.7. The van der Waals surface area contributed by atoms with Crippen LogP contribution >= 0.6 is 0 Å². The molecule has 2 aliphatic carbocycles. The molecule has 2 atom stereocenters. The Morgan fingerprint density at radius 3 is 2.42 bits per heavy atom. The van der Waals surface area contributed by atoms with Crippen LogP contribution in [0.5, 0.6) is 11.5 Å². The standard InChI is InChI=1S/C32H36O6/c1-19-12-27(37-18-25(35)16-33)13-20(2)30(19)28-7-5-6-23(21(28)3)17-36-26-8-9-29-24(14-26)15-32(10-11-32)31(29)38-22(4)34/h5-9,12-14,25,31,33,35H,10-11,15-18H2,1-4H3/t25-,31?/m0/s1. The first-order valence-corrected chi connectivity index (χ1v) is 13.3. The van der Waals surface area contributed by atoms with Gasteiger partial charge in [-0.1, -0.05) is 24.3 Å². The maximum atomic E-state index is 11.7. The van der Waals surface area contributed by atoms with Gasteiger partial charge in [-0.05, 0) is 109 Å². The molecule has 0 bridgehead atoms. The largest absolute Gasteiger partial charge is 0.491 e. The Labute approximate surface area is 224 Å². The van der Waals surface area contributed by atoms with Gasteiger partial charge in [0.15, 0.2) is 0 Å². The van der Waals surface area contributed by atoms with E-state index in [9.17, 15) is 9.90 Å². The van der Waals surface area contributed by atoms with Crippen molar-refractivity contribution in [2.24, 2.45) is 5.41 Å². The lowest BCUT2D eigenvalue weighted by Crippen LogP contribution is -2.21. The molecule has 5 rings (SSSR count). The van der Waals surface area contributed by atoms with E-state index in [0.29, 0.717) is 12.4 Å². The van der Waals surface area contributed by atoms with E-state index in [1.54, 1.807) is 0 Å². The highest BCUT2D eigenvalue weighted by molar-refractivity contribution is 5.75. The molecule has 0 aromatic heterocycles. The number of rotatable bonds is 9. The number of hydrogen-bond donors (Lipinski definition) is 2. The van der Waals surface area contributed by atoms with Crippen molar-refractivity contribution in [2.75, 3.05) is 13.2 Å². The lowest BCUT2D eigenvalue weighted by atomic mass is 9.90. The summed E-state index contributed by atoms with van der Waals surface area (Å²) in [6.45, 7) is 7.89. The van der Waals surface area contributed by atoms with E-state index < -0.39 is 6.10 Å². The second-order valence-electron chi connectivity index (χ2n) is 10.8. The van der Waals surface area contributed by atoms with Crippen LogP contribution < -0.4 is 9.47 Å². The van der Waals surface area contributed by atoms with Crippen LogP contribution in [0.4, 0.5) is 0 Å². The number of benzene rings is 3. The molecule has 0 amide bonds. The number of carbonyl (C=O) groups excluding carboxylic acids is 1. The molecule has 1 spiro atoms. The molecule has 2 N–H and O–H groups in total. The van der Waals surface area contributed by atoms with Gasteiger partial charge in [0.1, 0.15) is 36.9 Å². The van der Waals surface area contributed by atoms with Crippen LogP contribution in [0.15, 0.2) is 48.5 Å². The van der Waals surface area contributed by atoms with Gasteiger partial charge in [0.05, 0.1) is 6.61 Å².